The highest BCUT2D eigenvalue weighted by atomic mass is 16.5. The lowest BCUT2D eigenvalue weighted by Crippen LogP contribution is -2.22. The fourth-order valence-corrected chi connectivity index (χ4v) is 2.31. The largest absolute Gasteiger partial charge is 0.465 e. The molecule has 1 atom stereocenters. The number of ether oxygens (including phenoxy) is 1. The number of rotatable bonds is 12. The van der Waals surface area contributed by atoms with Gasteiger partial charge < -0.3 is 4.74 Å². The standard InChI is InChI=1S/C18H32O3/c1-5-7-8-9-10-11-12-13-15(3)14-17(16(4)19)18(20)21-6-2/h14,17H,5-13H2,1-4H3/b15-14-. The monoisotopic (exact) mass is 296 g/mol. The first-order valence-electron chi connectivity index (χ1n) is 8.37. The number of Topliss-reactive ketones (excluding diaryl/α,β-unsaturated/α-hetero) is 1. The second-order valence-electron chi connectivity index (χ2n) is 5.72. The van der Waals surface area contributed by atoms with Crippen molar-refractivity contribution in [1.29, 1.82) is 0 Å². The molecular weight excluding hydrogens is 264 g/mol. The number of carbonyl (C=O) groups excluding carboxylic acids is 2. The van der Waals surface area contributed by atoms with Gasteiger partial charge >= 0.3 is 5.97 Å². The third-order valence-corrected chi connectivity index (χ3v) is 3.60. The number of unbranched alkanes of at least 4 members (excludes halogenated alkanes) is 6. The van der Waals surface area contributed by atoms with Crippen molar-refractivity contribution in [1.82, 2.24) is 0 Å². The fraction of sp³-hybridized carbons (Fsp3) is 0.778. The topological polar surface area (TPSA) is 43.4 Å². The summed E-state index contributed by atoms with van der Waals surface area (Å²) in [5.41, 5.74) is 1.11. The van der Waals surface area contributed by atoms with Crippen molar-refractivity contribution >= 4 is 11.8 Å². The van der Waals surface area contributed by atoms with Gasteiger partial charge in [-0.05, 0) is 33.6 Å². The molecule has 0 aromatic carbocycles. The van der Waals surface area contributed by atoms with E-state index in [1.54, 1.807) is 13.0 Å². The summed E-state index contributed by atoms with van der Waals surface area (Å²) >= 11 is 0. The Balaban J connectivity index is 4.07. The number of ketones is 1. The summed E-state index contributed by atoms with van der Waals surface area (Å²) in [6.45, 7) is 7.73. The van der Waals surface area contributed by atoms with Crippen LogP contribution in [-0.4, -0.2) is 18.4 Å². The molecule has 3 heteroatoms. The minimum atomic E-state index is -0.727. The lowest BCUT2D eigenvalue weighted by molar-refractivity contribution is -0.149. The summed E-state index contributed by atoms with van der Waals surface area (Å²) in [6, 6.07) is 0. The number of hydrogen-bond donors (Lipinski definition) is 0. The minimum absolute atomic E-state index is 0.146. The number of carbonyl (C=O) groups is 2. The average molecular weight is 296 g/mol. The Bertz CT molecular complexity index is 331. The summed E-state index contributed by atoms with van der Waals surface area (Å²) in [5.74, 6) is -1.30. The Hall–Kier alpha value is -1.12. The van der Waals surface area contributed by atoms with Gasteiger partial charge in [-0.3, -0.25) is 9.59 Å². The zero-order valence-electron chi connectivity index (χ0n) is 14.2. The van der Waals surface area contributed by atoms with E-state index in [-0.39, 0.29) is 5.78 Å². The van der Waals surface area contributed by atoms with Crippen LogP contribution in [-0.2, 0) is 14.3 Å². The van der Waals surface area contributed by atoms with E-state index in [0.29, 0.717) is 6.61 Å². The van der Waals surface area contributed by atoms with E-state index in [0.717, 1.165) is 18.4 Å². The van der Waals surface area contributed by atoms with E-state index in [2.05, 4.69) is 6.92 Å². The molecule has 0 aliphatic heterocycles. The molecule has 0 fully saturated rings. The van der Waals surface area contributed by atoms with Gasteiger partial charge in [0, 0.05) is 0 Å². The van der Waals surface area contributed by atoms with E-state index < -0.39 is 11.9 Å². The molecule has 0 N–H and O–H groups in total. The Kier molecular flexibility index (Phi) is 11.9. The maximum absolute atomic E-state index is 11.7. The molecule has 21 heavy (non-hydrogen) atoms. The Morgan fingerprint density at radius 3 is 2.05 bits per heavy atom. The van der Waals surface area contributed by atoms with Gasteiger partial charge in [-0.1, -0.05) is 57.1 Å². The van der Waals surface area contributed by atoms with Crippen molar-refractivity contribution in [2.75, 3.05) is 6.61 Å². The van der Waals surface area contributed by atoms with E-state index >= 15 is 0 Å². The Morgan fingerprint density at radius 1 is 0.952 bits per heavy atom. The first-order valence-corrected chi connectivity index (χ1v) is 8.37. The molecule has 0 aliphatic rings. The summed E-state index contributed by atoms with van der Waals surface area (Å²) in [7, 11) is 0. The van der Waals surface area contributed by atoms with E-state index in [1.165, 1.54) is 45.4 Å². The summed E-state index contributed by atoms with van der Waals surface area (Å²) in [6.07, 6.45) is 11.6. The molecule has 0 saturated heterocycles. The molecule has 0 aliphatic carbocycles. The van der Waals surface area contributed by atoms with Crippen molar-refractivity contribution in [3.8, 4) is 0 Å². The predicted octanol–water partition coefficient (Wildman–Crippen LogP) is 4.84. The van der Waals surface area contributed by atoms with Crippen LogP contribution < -0.4 is 0 Å². The van der Waals surface area contributed by atoms with Crippen molar-refractivity contribution in [3.05, 3.63) is 11.6 Å². The van der Waals surface area contributed by atoms with Gasteiger partial charge in [-0.2, -0.15) is 0 Å². The smallest absolute Gasteiger partial charge is 0.320 e. The second kappa shape index (κ2) is 12.6. The lowest BCUT2D eigenvalue weighted by atomic mass is 9.99. The minimum Gasteiger partial charge on any atom is -0.465 e. The van der Waals surface area contributed by atoms with E-state index in [1.807, 2.05) is 6.92 Å². The van der Waals surface area contributed by atoms with Crippen LogP contribution in [0.4, 0.5) is 0 Å². The molecule has 1 unspecified atom stereocenters. The number of allylic oxidation sites excluding steroid dienone is 1. The summed E-state index contributed by atoms with van der Waals surface area (Å²) in [4.78, 5) is 23.2. The molecule has 0 saturated carbocycles. The van der Waals surface area contributed by atoms with Gasteiger partial charge in [-0.25, -0.2) is 0 Å². The van der Waals surface area contributed by atoms with Crippen molar-refractivity contribution in [3.63, 3.8) is 0 Å². The zero-order chi connectivity index (χ0) is 16.1. The highest BCUT2D eigenvalue weighted by molar-refractivity contribution is 5.99. The third-order valence-electron chi connectivity index (χ3n) is 3.60. The van der Waals surface area contributed by atoms with Gasteiger partial charge in [0.25, 0.3) is 0 Å². The molecule has 0 aromatic rings. The zero-order valence-corrected chi connectivity index (χ0v) is 14.2. The number of esters is 1. The van der Waals surface area contributed by atoms with Gasteiger partial charge in [0.2, 0.25) is 0 Å². The first-order chi connectivity index (χ1) is 10.0. The van der Waals surface area contributed by atoms with Crippen LogP contribution >= 0.6 is 0 Å². The van der Waals surface area contributed by atoms with Gasteiger partial charge in [0.15, 0.2) is 0 Å². The van der Waals surface area contributed by atoms with Gasteiger partial charge in [-0.15, -0.1) is 0 Å². The first kappa shape index (κ1) is 19.9. The average Bonchev–Trinajstić information content (AvgIpc) is 2.43. The van der Waals surface area contributed by atoms with Crippen LogP contribution in [0.15, 0.2) is 11.6 Å². The maximum atomic E-state index is 11.7. The molecule has 0 amide bonds. The fourth-order valence-electron chi connectivity index (χ4n) is 2.31. The number of hydrogen-bond acceptors (Lipinski definition) is 3. The predicted molar refractivity (Wildman–Crippen MR) is 87.2 cm³/mol. The van der Waals surface area contributed by atoms with Crippen LogP contribution in [0.25, 0.3) is 0 Å². The maximum Gasteiger partial charge on any atom is 0.320 e. The lowest BCUT2D eigenvalue weighted by Gasteiger charge is -2.10. The Morgan fingerprint density at radius 2 is 1.52 bits per heavy atom. The normalized spacial score (nSPS) is 13.0. The highest BCUT2D eigenvalue weighted by Gasteiger charge is 2.22. The van der Waals surface area contributed by atoms with Crippen molar-refractivity contribution in [2.45, 2.75) is 79.1 Å². The van der Waals surface area contributed by atoms with Crippen molar-refractivity contribution < 1.29 is 14.3 Å². The van der Waals surface area contributed by atoms with E-state index in [4.69, 9.17) is 4.74 Å². The summed E-state index contributed by atoms with van der Waals surface area (Å²) < 4.78 is 4.94. The molecule has 122 valence electrons. The van der Waals surface area contributed by atoms with E-state index in [9.17, 15) is 9.59 Å². The molecule has 0 bridgehead atoms. The van der Waals surface area contributed by atoms with Gasteiger partial charge in [0.05, 0.1) is 6.61 Å². The van der Waals surface area contributed by atoms with Crippen LogP contribution in [0.5, 0.6) is 0 Å². The molecule has 0 heterocycles. The molecule has 0 radical (unpaired) electrons. The van der Waals surface area contributed by atoms with Crippen LogP contribution in [0.1, 0.15) is 79.1 Å². The van der Waals surface area contributed by atoms with Crippen LogP contribution in [0.3, 0.4) is 0 Å². The van der Waals surface area contributed by atoms with Gasteiger partial charge in [0.1, 0.15) is 11.7 Å². The van der Waals surface area contributed by atoms with Crippen LogP contribution in [0, 0.1) is 5.92 Å². The quantitative estimate of drug-likeness (QED) is 0.224. The second-order valence-corrected chi connectivity index (χ2v) is 5.72. The highest BCUT2D eigenvalue weighted by Crippen LogP contribution is 2.15. The SMILES string of the molecule is CCCCCCCCC/C(C)=C\C(C(C)=O)C(=O)OCC. The Labute approximate surface area is 130 Å². The summed E-state index contributed by atoms with van der Waals surface area (Å²) in [5, 5.41) is 0. The third kappa shape index (κ3) is 10.3. The van der Waals surface area contributed by atoms with Crippen molar-refractivity contribution in [2.24, 2.45) is 5.92 Å². The molecule has 0 spiro atoms. The molecule has 0 rings (SSSR count). The molecule has 3 nitrogen and oxygen atoms in total. The molecular formula is C18H32O3. The van der Waals surface area contributed by atoms with Crippen LogP contribution in [0.2, 0.25) is 0 Å². The molecule has 0 aromatic heterocycles.